The highest BCUT2D eigenvalue weighted by Gasteiger charge is 2.16. The first-order chi connectivity index (χ1) is 10.8. The fourth-order valence-electron chi connectivity index (χ4n) is 2.56. The van der Waals surface area contributed by atoms with Crippen LogP contribution in [-0.4, -0.2) is 39.3 Å². The fourth-order valence-corrected chi connectivity index (χ4v) is 3.20. The number of rotatable bonds is 5. The molecule has 0 aromatic carbocycles. The van der Waals surface area contributed by atoms with Crippen molar-refractivity contribution in [2.24, 2.45) is 4.99 Å². The maximum Gasteiger partial charge on any atom is 0.191 e. The second kappa shape index (κ2) is 6.87. The van der Waals surface area contributed by atoms with Crippen molar-refractivity contribution < 1.29 is 0 Å². The smallest absolute Gasteiger partial charge is 0.191 e. The molecule has 0 fully saturated rings. The Bertz CT molecular complexity index is 658. The summed E-state index contributed by atoms with van der Waals surface area (Å²) in [5.74, 6) is 2.85. The number of aromatic nitrogens is 4. The Balaban J connectivity index is 1.46. The number of thiazole rings is 1. The van der Waals surface area contributed by atoms with Gasteiger partial charge in [0.25, 0.3) is 0 Å². The number of nitrogens with zero attached hydrogens (tertiary/aromatic N) is 5. The zero-order valence-electron chi connectivity index (χ0n) is 13.0. The number of aliphatic imine (C=N–C) groups is 1. The number of nitrogens with one attached hydrogen (secondary N) is 2. The number of hydrogen-bond acceptors (Lipinski definition) is 5. The van der Waals surface area contributed by atoms with Gasteiger partial charge in [0.2, 0.25) is 0 Å². The van der Waals surface area contributed by atoms with Gasteiger partial charge in [-0.2, -0.15) is 0 Å². The molecule has 0 unspecified atom stereocenters. The van der Waals surface area contributed by atoms with Crippen LogP contribution in [0.15, 0.2) is 10.4 Å². The highest BCUT2D eigenvalue weighted by Crippen LogP contribution is 2.13. The number of hydrogen-bond donors (Lipinski definition) is 2. The zero-order valence-corrected chi connectivity index (χ0v) is 13.8. The van der Waals surface area contributed by atoms with Gasteiger partial charge < -0.3 is 15.2 Å². The van der Waals surface area contributed by atoms with E-state index in [1.54, 1.807) is 18.4 Å². The number of guanidine groups is 1. The van der Waals surface area contributed by atoms with Gasteiger partial charge in [-0.1, -0.05) is 0 Å². The van der Waals surface area contributed by atoms with Gasteiger partial charge in [0.15, 0.2) is 11.8 Å². The lowest BCUT2D eigenvalue weighted by Gasteiger charge is -2.11. The van der Waals surface area contributed by atoms with Crippen LogP contribution in [0.3, 0.4) is 0 Å². The van der Waals surface area contributed by atoms with Crippen molar-refractivity contribution in [3.8, 4) is 0 Å². The molecule has 0 radical (unpaired) electrons. The van der Waals surface area contributed by atoms with E-state index in [9.17, 15) is 0 Å². The van der Waals surface area contributed by atoms with E-state index in [0.29, 0.717) is 6.54 Å². The normalized spacial score (nSPS) is 14.2. The van der Waals surface area contributed by atoms with Crippen LogP contribution in [-0.2, 0) is 25.9 Å². The summed E-state index contributed by atoms with van der Waals surface area (Å²) < 4.78 is 2.19. The Hall–Kier alpha value is -1.96. The summed E-state index contributed by atoms with van der Waals surface area (Å²) in [4.78, 5) is 8.69. The van der Waals surface area contributed by atoms with E-state index >= 15 is 0 Å². The van der Waals surface area contributed by atoms with Gasteiger partial charge in [-0.05, 0) is 13.3 Å². The molecule has 0 amide bonds. The minimum absolute atomic E-state index is 0.641. The Morgan fingerprint density at radius 1 is 1.41 bits per heavy atom. The summed E-state index contributed by atoms with van der Waals surface area (Å²) in [5, 5.41) is 18.3. The maximum atomic E-state index is 4.46. The largest absolute Gasteiger partial charge is 0.356 e. The van der Waals surface area contributed by atoms with Crippen molar-refractivity contribution in [1.82, 2.24) is 30.4 Å². The lowest BCUT2D eigenvalue weighted by molar-refractivity contribution is 0.662. The molecule has 2 N–H and O–H groups in total. The van der Waals surface area contributed by atoms with E-state index in [1.165, 1.54) is 0 Å². The first-order valence-corrected chi connectivity index (χ1v) is 8.40. The SMILES string of the molecule is CN=C(NCCc1csc(C)n1)NCc1nnc2n1CCC2. The molecule has 0 bridgehead atoms. The number of aryl methyl sites for hydroxylation is 2. The molecule has 0 saturated heterocycles. The van der Waals surface area contributed by atoms with Crippen molar-refractivity contribution in [2.45, 2.75) is 39.3 Å². The van der Waals surface area contributed by atoms with Crippen LogP contribution in [0.25, 0.3) is 0 Å². The quantitative estimate of drug-likeness (QED) is 0.632. The lowest BCUT2D eigenvalue weighted by Crippen LogP contribution is -2.38. The van der Waals surface area contributed by atoms with Crippen LogP contribution in [0.2, 0.25) is 0 Å². The molecule has 0 saturated carbocycles. The second-order valence-corrected chi connectivity index (χ2v) is 6.31. The average Bonchev–Trinajstić information content (AvgIpc) is 3.20. The van der Waals surface area contributed by atoms with Gasteiger partial charge in [-0.15, -0.1) is 21.5 Å². The summed E-state index contributed by atoms with van der Waals surface area (Å²) in [6, 6.07) is 0. The first-order valence-electron chi connectivity index (χ1n) is 7.52. The standard InChI is InChI=1S/C14H21N7S/c1-10-18-11(9-22-10)5-6-16-14(15-2)17-8-13-20-19-12-4-3-7-21(12)13/h9H,3-8H2,1-2H3,(H2,15,16,17). The molecule has 0 aliphatic carbocycles. The molecule has 1 aliphatic heterocycles. The van der Waals surface area contributed by atoms with Crippen LogP contribution in [0.5, 0.6) is 0 Å². The molecule has 3 rings (SSSR count). The Kier molecular flexibility index (Phi) is 4.67. The molecule has 118 valence electrons. The van der Waals surface area contributed by atoms with Crippen molar-refractivity contribution in [2.75, 3.05) is 13.6 Å². The average molecular weight is 319 g/mol. The molecular formula is C14H21N7S. The summed E-state index contributed by atoms with van der Waals surface area (Å²) in [5.41, 5.74) is 1.13. The molecular weight excluding hydrogens is 298 g/mol. The van der Waals surface area contributed by atoms with Gasteiger partial charge in [0.05, 0.1) is 17.2 Å². The second-order valence-electron chi connectivity index (χ2n) is 5.25. The molecule has 2 aromatic heterocycles. The highest BCUT2D eigenvalue weighted by molar-refractivity contribution is 7.09. The summed E-state index contributed by atoms with van der Waals surface area (Å²) in [6.07, 6.45) is 3.09. The van der Waals surface area contributed by atoms with E-state index in [4.69, 9.17) is 0 Å². The summed E-state index contributed by atoms with van der Waals surface area (Å²) in [6.45, 7) is 4.50. The van der Waals surface area contributed by atoms with Crippen LogP contribution >= 0.6 is 11.3 Å². The minimum atomic E-state index is 0.641. The number of fused-ring (bicyclic) bond motifs is 1. The molecule has 2 aromatic rings. The highest BCUT2D eigenvalue weighted by atomic mass is 32.1. The topological polar surface area (TPSA) is 80.0 Å². The Morgan fingerprint density at radius 2 is 2.32 bits per heavy atom. The van der Waals surface area contributed by atoms with Gasteiger partial charge in [-0.3, -0.25) is 4.99 Å². The van der Waals surface area contributed by atoms with Gasteiger partial charge in [0.1, 0.15) is 5.82 Å². The lowest BCUT2D eigenvalue weighted by atomic mass is 10.3. The molecule has 7 nitrogen and oxygen atoms in total. The first kappa shape index (κ1) is 15.0. The molecule has 0 atom stereocenters. The predicted octanol–water partition coefficient (Wildman–Crippen LogP) is 0.897. The van der Waals surface area contributed by atoms with E-state index < -0.39 is 0 Å². The van der Waals surface area contributed by atoms with Gasteiger partial charge in [0, 0.05) is 38.4 Å². The molecule has 3 heterocycles. The van der Waals surface area contributed by atoms with Crippen molar-refractivity contribution in [3.63, 3.8) is 0 Å². The predicted molar refractivity (Wildman–Crippen MR) is 87.1 cm³/mol. The third-order valence-corrected chi connectivity index (χ3v) is 4.49. The minimum Gasteiger partial charge on any atom is -0.356 e. The van der Waals surface area contributed by atoms with Crippen LogP contribution in [0.1, 0.15) is 28.8 Å². The summed E-state index contributed by atoms with van der Waals surface area (Å²) in [7, 11) is 1.77. The van der Waals surface area contributed by atoms with E-state index in [2.05, 4.69) is 40.8 Å². The van der Waals surface area contributed by atoms with Crippen LogP contribution < -0.4 is 10.6 Å². The third-order valence-electron chi connectivity index (χ3n) is 3.66. The molecule has 1 aliphatic rings. The third kappa shape index (κ3) is 3.44. The Morgan fingerprint density at radius 3 is 3.09 bits per heavy atom. The van der Waals surface area contributed by atoms with Crippen molar-refractivity contribution >= 4 is 17.3 Å². The summed E-state index contributed by atoms with van der Waals surface area (Å²) >= 11 is 1.69. The van der Waals surface area contributed by atoms with Gasteiger partial charge in [-0.25, -0.2) is 4.98 Å². The molecule has 0 spiro atoms. The van der Waals surface area contributed by atoms with Gasteiger partial charge >= 0.3 is 0 Å². The monoisotopic (exact) mass is 319 g/mol. The Labute approximate surface area is 133 Å². The maximum absolute atomic E-state index is 4.46. The zero-order chi connectivity index (χ0) is 15.4. The molecule has 8 heteroatoms. The fraction of sp³-hybridized carbons (Fsp3) is 0.571. The van der Waals surface area contributed by atoms with Crippen LogP contribution in [0, 0.1) is 6.92 Å². The van der Waals surface area contributed by atoms with E-state index in [1.807, 2.05) is 6.92 Å². The van der Waals surface area contributed by atoms with Crippen LogP contribution in [0.4, 0.5) is 0 Å². The molecule has 22 heavy (non-hydrogen) atoms. The van der Waals surface area contributed by atoms with E-state index in [-0.39, 0.29) is 0 Å². The van der Waals surface area contributed by atoms with Crippen molar-refractivity contribution in [3.05, 3.63) is 27.7 Å². The van der Waals surface area contributed by atoms with E-state index in [0.717, 1.165) is 60.7 Å². The van der Waals surface area contributed by atoms with Crippen molar-refractivity contribution in [1.29, 1.82) is 0 Å².